The number of hydrogen-bond donors (Lipinski definition) is 1. The Bertz CT molecular complexity index is 536. The Morgan fingerprint density at radius 3 is 3.21 bits per heavy atom. The van der Waals surface area contributed by atoms with E-state index in [-0.39, 0.29) is 0 Å². The molecule has 19 heavy (non-hydrogen) atoms. The number of nitrogens with one attached hydrogen (secondary N) is 1. The third-order valence-corrected chi connectivity index (χ3v) is 3.71. The van der Waals surface area contributed by atoms with Crippen LogP contribution in [0.4, 0.5) is 0 Å². The van der Waals surface area contributed by atoms with Crippen LogP contribution in [-0.4, -0.2) is 23.1 Å². The van der Waals surface area contributed by atoms with E-state index in [0.717, 1.165) is 43.2 Å². The smallest absolute Gasteiger partial charge is 0.162 e. The average molecular weight is 257 g/mol. The molecule has 0 radical (unpaired) electrons. The Labute approximate surface area is 113 Å². The van der Waals surface area contributed by atoms with Gasteiger partial charge < -0.3 is 9.73 Å². The summed E-state index contributed by atoms with van der Waals surface area (Å²) >= 11 is 0. The molecule has 0 fully saturated rings. The minimum atomic E-state index is 0.718. The van der Waals surface area contributed by atoms with Crippen molar-refractivity contribution in [3.8, 4) is 11.4 Å². The summed E-state index contributed by atoms with van der Waals surface area (Å²) in [6.45, 7) is 4.29. The molecule has 0 amide bonds. The molecule has 1 N–H and O–H groups in total. The topological polar surface area (TPSA) is 51.0 Å². The van der Waals surface area contributed by atoms with Gasteiger partial charge in [-0.3, -0.25) is 0 Å². The van der Waals surface area contributed by atoms with Gasteiger partial charge in [-0.15, -0.1) is 0 Å². The Hall–Kier alpha value is -1.68. The lowest BCUT2D eigenvalue weighted by Crippen LogP contribution is -2.27. The van der Waals surface area contributed by atoms with Gasteiger partial charge in [0, 0.05) is 11.9 Å². The maximum absolute atomic E-state index is 5.09. The maximum atomic E-state index is 5.09. The van der Waals surface area contributed by atoms with Crippen LogP contribution in [0.25, 0.3) is 11.4 Å². The van der Waals surface area contributed by atoms with Crippen molar-refractivity contribution in [2.24, 2.45) is 5.92 Å². The molecule has 0 spiro atoms. The molecule has 100 valence electrons. The number of fused-ring (bicyclic) bond motifs is 1. The van der Waals surface area contributed by atoms with E-state index in [9.17, 15) is 0 Å². The number of aryl methyl sites for hydroxylation is 1. The third-order valence-electron chi connectivity index (χ3n) is 3.71. The lowest BCUT2D eigenvalue weighted by atomic mass is 9.87. The molecule has 0 aromatic carbocycles. The zero-order valence-corrected chi connectivity index (χ0v) is 11.2. The SMILES string of the molecule is CCNCC1CCc2nc(-c3ccoc3)ncc2C1. The third kappa shape index (κ3) is 2.68. The Morgan fingerprint density at radius 2 is 2.42 bits per heavy atom. The van der Waals surface area contributed by atoms with Crippen LogP contribution in [0, 0.1) is 5.92 Å². The van der Waals surface area contributed by atoms with Gasteiger partial charge in [0.2, 0.25) is 0 Å². The molecule has 1 unspecified atom stereocenters. The first-order valence-corrected chi connectivity index (χ1v) is 6.95. The fourth-order valence-electron chi connectivity index (χ4n) is 2.64. The number of aromatic nitrogens is 2. The van der Waals surface area contributed by atoms with E-state index >= 15 is 0 Å². The fourth-order valence-corrected chi connectivity index (χ4v) is 2.64. The quantitative estimate of drug-likeness (QED) is 0.914. The molecule has 0 bridgehead atoms. The maximum Gasteiger partial charge on any atom is 0.162 e. The molecule has 2 aromatic rings. The first kappa shape index (κ1) is 12.4. The summed E-state index contributed by atoms with van der Waals surface area (Å²) in [6.07, 6.45) is 8.69. The fraction of sp³-hybridized carbons (Fsp3) is 0.467. The molecular weight excluding hydrogens is 238 g/mol. The second-order valence-electron chi connectivity index (χ2n) is 5.09. The summed E-state index contributed by atoms with van der Waals surface area (Å²) in [7, 11) is 0. The number of nitrogens with zero attached hydrogens (tertiary/aromatic N) is 2. The molecule has 1 aliphatic rings. The van der Waals surface area contributed by atoms with E-state index in [4.69, 9.17) is 4.42 Å². The predicted molar refractivity (Wildman–Crippen MR) is 73.8 cm³/mol. The zero-order valence-electron chi connectivity index (χ0n) is 11.2. The van der Waals surface area contributed by atoms with Crippen LogP contribution in [0.2, 0.25) is 0 Å². The molecule has 0 saturated carbocycles. The number of furan rings is 1. The van der Waals surface area contributed by atoms with Crippen molar-refractivity contribution >= 4 is 0 Å². The second-order valence-corrected chi connectivity index (χ2v) is 5.09. The van der Waals surface area contributed by atoms with Crippen molar-refractivity contribution in [2.75, 3.05) is 13.1 Å². The summed E-state index contributed by atoms with van der Waals surface area (Å²) < 4.78 is 5.09. The molecule has 1 atom stereocenters. The van der Waals surface area contributed by atoms with Crippen molar-refractivity contribution in [3.05, 3.63) is 36.0 Å². The van der Waals surface area contributed by atoms with Crippen molar-refractivity contribution in [3.63, 3.8) is 0 Å². The van der Waals surface area contributed by atoms with Crippen molar-refractivity contribution in [1.29, 1.82) is 0 Å². The molecule has 1 aliphatic carbocycles. The van der Waals surface area contributed by atoms with Gasteiger partial charge in [0.05, 0.1) is 11.8 Å². The first-order chi connectivity index (χ1) is 9.36. The van der Waals surface area contributed by atoms with Crippen LogP contribution >= 0.6 is 0 Å². The summed E-state index contributed by atoms with van der Waals surface area (Å²) in [4.78, 5) is 9.14. The summed E-state index contributed by atoms with van der Waals surface area (Å²) in [5, 5.41) is 3.43. The van der Waals surface area contributed by atoms with Crippen molar-refractivity contribution in [1.82, 2.24) is 15.3 Å². The normalized spacial score (nSPS) is 18.3. The van der Waals surface area contributed by atoms with Gasteiger partial charge in [-0.05, 0) is 49.9 Å². The standard InChI is InChI=1S/C15H19N3O/c1-2-16-8-11-3-4-14-13(7-11)9-17-15(18-14)12-5-6-19-10-12/h5-6,9-11,16H,2-4,7-8H2,1H3. The molecule has 2 heterocycles. The van der Waals surface area contributed by atoms with Crippen LogP contribution in [0.5, 0.6) is 0 Å². The van der Waals surface area contributed by atoms with E-state index < -0.39 is 0 Å². The van der Waals surface area contributed by atoms with Gasteiger partial charge in [-0.1, -0.05) is 6.92 Å². The Balaban J connectivity index is 1.77. The zero-order chi connectivity index (χ0) is 13.1. The van der Waals surface area contributed by atoms with Gasteiger partial charge in [0.25, 0.3) is 0 Å². The Kier molecular flexibility index (Phi) is 3.60. The van der Waals surface area contributed by atoms with E-state index in [1.54, 1.807) is 12.5 Å². The lowest BCUT2D eigenvalue weighted by molar-refractivity contribution is 0.424. The molecule has 4 nitrogen and oxygen atoms in total. The highest BCUT2D eigenvalue weighted by atomic mass is 16.3. The molecular formula is C15H19N3O. The first-order valence-electron chi connectivity index (χ1n) is 6.95. The van der Waals surface area contributed by atoms with Crippen LogP contribution in [0.3, 0.4) is 0 Å². The van der Waals surface area contributed by atoms with E-state index in [1.165, 1.54) is 17.7 Å². The summed E-state index contributed by atoms with van der Waals surface area (Å²) in [5.41, 5.74) is 3.47. The molecule has 4 heteroatoms. The van der Waals surface area contributed by atoms with Crippen LogP contribution in [0.15, 0.2) is 29.2 Å². The van der Waals surface area contributed by atoms with Gasteiger partial charge >= 0.3 is 0 Å². The van der Waals surface area contributed by atoms with Gasteiger partial charge in [-0.2, -0.15) is 0 Å². The summed E-state index contributed by atoms with van der Waals surface area (Å²) in [6, 6.07) is 1.90. The van der Waals surface area contributed by atoms with Gasteiger partial charge in [0.15, 0.2) is 5.82 Å². The molecule has 0 aliphatic heterocycles. The number of rotatable bonds is 4. The highest BCUT2D eigenvalue weighted by molar-refractivity contribution is 5.52. The largest absolute Gasteiger partial charge is 0.472 e. The van der Waals surface area contributed by atoms with E-state index in [1.807, 2.05) is 12.3 Å². The van der Waals surface area contributed by atoms with Gasteiger partial charge in [-0.25, -0.2) is 9.97 Å². The van der Waals surface area contributed by atoms with E-state index in [2.05, 4.69) is 22.2 Å². The monoisotopic (exact) mass is 257 g/mol. The lowest BCUT2D eigenvalue weighted by Gasteiger charge is -2.23. The highest BCUT2D eigenvalue weighted by Gasteiger charge is 2.20. The second kappa shape index (κ2) is 5.53. The summed E-state index contributed by atoms with van der Waals surface area (Å²) in [5.74, 6) is 1.49. The van der Waals surface area contributed by atoms with Crippen molar-refractivity contribution < 1.29 is 4.42 Å². The van der Waals surface area contributed by atoms with Gasteiger partial charge in [0.1, 0.15) is 6.26 Å². The van der Waals surface area contributed by atoms with Crippen LogP contribution in [0.1, 0.15) is 24.6 Å². The average Bonchev–Trinajstić information content (AvgIpc) is 2.98. The predicted octanol–water partition coefficient (Wildman–Crippen LogP) is 2.45. The Morgan fingerprint density at radius 1 is 1.47 bits per heavy atom. The molecule has 3 rings (SSSR count). The van der Waals surface area contributed by atoms with E-state index in [0.29, 0.717) is 0 Å². The molecule has 2 aromatic heterocycles. The van der Waals surface area contributed by atoms with Crippen LogP contribution in [-0.2, 0) is 12.8 Å². The number of hydrogen-bond acceptors (Lipinski definition) is 4. The minimum Gasteiger partial charge on any atom is -0.472 e. The molecule has 0 saturated heterocycles. The van der Waals surface area contributed by atoms with Crippen LogP contribution < -0.4 is 5.32 Å². The van der Waals surface area contributed by atoms with Crippen molar-refractivity contribution in [2.45, 2.75) is 26.2 Å². The minimum absolute atomic E-state index is 0.718. The highest BCUT2D eigenvalue weighted by Crippen LogP contribution is 2.25.